The normalized spacial score (nSPS) is 10.9. The Morgan fingerprint density at radius 3 is 2.68 bits per heavy atom. The fraction of sp³-hybridized carbons (Fsp3) is 0.533. The smallest absolute Gasteiger partial charge is 0.407 e. The molecule has 0 unspecified atom stereocenters. The summed E-state index contributed by atoms with van der Waals surface area (Å²) >= 11 is 0. The summed E-state index contributed by atoms with van der Waals surface area (Å²) in [6, 6.07) is 7.91. The number of ether oxygens (including phenoxy) is 2. The molecule has 0 saturated heterocycles. The predicted molar refractivity (Wildman–Crippen MR) is 75.6 cm³/mol. The zero-order valence-electron chi connectivity index (χ0n) is 12.2. The third kappa shape index (κ3) is 6.70. The number of alkyl carbamates (subject to hydrolysis) is 1. The molecule has 1 aromatic carbocycles. The second kappa shape index (κ2) is 7.02. The van der Waals surface area contributed by atoms with Gasteiger partial charge in [0.05, 0.1) is 6.61 Å². The molecule has 1 N–H and O–H groups in total. The molecule has 0 radical (unpaired) electrons. The largest absolute Gasteiger partial charge is 0.488 e. The van der Waals surface area contributed by atoms with Crippen LogP contribution in [0.1, 0.15) is 33.3 Å². The summed E-state index contributed by atoms with van der Waals surface area (Å²) in [5.41, 5.74) is 0.917. The van der Waals surface area contributed by atoms with Crippen LogP contribution in [0.4, 0.5) is 4.79 Å². The second-order valence-electron chi connectivity index (χ2n) is 5.26. The summed E-state index contributed by atoms with van der Waals surface area (Å²) in [6.45, 7) is 8.78. The molecule has 0 atom stereocenters. The summed E-state index contributed by atoms with van der Waals surface area (Å²) in [4.78, 5) is 11.1. The van der Waals surface area contributed by atoms with Crippen molar-refractivity contribution in [1.29, 1.82) is 0 Å². The standard InChI is InChI=1S/C15H23NO3/c1-5-18-14(17)16-10-9-12-7-6-8-13(11-12)19-15(2,3)4/h6-8,11H,5,9-10H2,1-4H3,(H,16,17). The number of rotatable bonds is 5. The first-order chi connectivity index (χ1) is 8.90. The van der Waals surface area contributed by atoms with E-state index < -0.39 is 0 Å². The van der Waals surface area contributed by atoms with Crippen molar-refractivity contribution < 1.29 is 14.3 Å². The van der Waals surface area contributed by atoms with E-state index in [4.69, 9.17) is 9.47 Å². The SMILES string of the molecule is CCOC(=O)NCCc1cccc(OC(C)(C)C)c1. The van der Waals surface area contributed by atoms with Gasteiger partial charge in [-0.15, -0.1) is 0 Å². The van der Waals surface area contributed by atoms with Crippen molar-refractivity contribution in [3.63, 3.8) is 0 Å². The van der Waals surface area contributed by atoms with Gasteiger partial charge in [0.2, 0.25) is 0 Å². The Kier molecular flexibility index (Phi) is 5.67. The second-order valence-corrected chi connectivity index (χ2v) is 5.26. The number of nitrogens with one attached hydrogen (secondary N) is 1. The lowest BCUT2D eigenvalue weighted by Gasteiger charge is -2.21. The molecule has 0 saturated carbocycles. The molecule has 1 amide bonds. The van der Waals surface area contributed by atoms with Gasteiger partial charge in [0.25, 0.3) is 0 Å². The van der Waals surface area contributed by atoms with Crippen molar-refractivity contribution in [1.82, 2.24) is 5.32 Å². The Hall–Kier alpha value is -1.71. The van der Waals surface area contributed by atoms with Crippen LogP contribution in [0.5, 0.6) is 5.75 Å². The highest BCUT2D eigenvalue weighted by Gasteiger charge is 2.11. The Balaban J connectivity index is 2.46. The van der Waals surface area contributed by atoms with E-state index in [1.54, 1.807) is 6.92 Å². The maximum Gasteiger partial charge on any atom is 0.407 e. The maximum atomic E-state index is 11.1. The average molecular weight is 265 g/mol. The van der Waals surface area contributed by atoms with Crippen LogP contribution in [0.15, 0.2) is 24.3 Å². The van der Waals surface area contributed by atoms with Crippen LogP contribution in [0.3, 0.4) is 0 Å². The summed E-state index contributed by atoms with van der Waals surface area (Å²) in [7, 11) is 0. The van der Waals surface area contributed by atoms with E-state index in [-0.39, 0.29) is 11.7 Å². The maximum absolute atomic E-state index is 11.1. The van der Waals surface area contributed by atoms with Gasteiger partial charge in [-0.1, -0.05) is 12.1 Å². The van der Waals surface area contributed by atoms with Crippen LogP contribution in [-0.2, 0) is 11.2 Å². The molecular formula is C15H23NO3. The summed E-state index contributed by atoms with van der Waals surface area (Å²) in [6.07, 6.45) is 0.379. The van der Waals surface area contributed by atoms with Crippen molar-refractivity contribution in [3.8, 4) is 5.75 Å². The first kappa shape index (κ1) is 15.3. The monoisotopic (exact) mass is 265 g/mol. The molecule has 19 heavy (non-hydrogen) atoms. The van der Waals surface area contributed by atoms with Crippen LogP contribution in [0.2, 0.25) is 0 Å². The Morgan fingerprint density at radius 1 is 1.32 bits per heavy atom. The van der Waals surface area contributed by atoms with Gasteiger partial charge in [-0.2, -0.15) is 0 Å². The minimum Gasteiger partial charge on any atom is -0.488 e. The van der Waals surface area contributed by atoms with Crippen LogP contribution >= 0.6 is 0 Å². The van der Waals surface area contributed by atoms with Crippen molar-refractivity contribution in [3.05, 3.63) is 29.8 Å². The van der Waals surface area contributed by atoms with Gasteiger partial charge in [-0.25, -0.2) is 4.79 Å². The molecule has 4 heteroatoms. The third-order valence-electron chi connectivity index (χ3n) is 2.28. The van der Waals surface area contributed by atoms with Gasteiger partial charge >= 0.3 is 6.09 Å². The molecular weight excluding hydrogens is 242 g/mol. The van der Waals surface area contributed by atoms with Crippen molar-refractivity contribution in [2.24, 2.45) is 0 Å². The van der Waals surface area contributed by atoms with Crippen LogP contribution in [-0.4, -0.2) is 24.8 Å². The zero-order chi connectivity index (χ0) is 14.3. The summed E-state index contributed by atoms with van der Waals surface area (Å²) in [5, 5.41) is 2.70. The molecule has 0 aliphatic carbocycles. The molecule has 0 aliphatic rings. The zero-order valence-corrected chi connectivity index (χ0v) is 12.2. The molecule has 0 spiro atoms. The minimum atomic E-state index is -0.371. The number of amides is 1. The summed E-state index contributed by atoms with van der Waals surface area (Å²) < 4.78 is 10.6. The number of hydrogen-bond acceptors (Lipinski definition) is 3. The van der Waals surface area contributed by atoms with E-state index in [1.165, 1.54) is 0 Å². The molecule has 1 rings (SSSR count). The van der Waals surface area contributed by atoms with Gasteiger partial charge < -0.3 is 14.8 Å². The van der Waals surface area contributed by atoms with E-state index in [9.17, 15) is 4.79 Å². The van der Waals surface area contributed by atoms with Crippen molar-refractivity contribution in [2.45, 2.75) is 39.7 Å². The lowest BCUT2D eigenvalue weighted by atomic mass is 10.1. The molecule has 0 bridgehead atoms. The number of benzene rings is 1. The molecule has 106 valence electrons. The third-order valence-corrected chi connectivity index (χ3v) is 2.28. The number of hydrogen-bond donors (Lipinski definition) is 1. The highest BCUT2D eigenvalue weighted by molar-refractivity contribution is 5.67. The van der Waals surface area contributed by atoms with E-state index in [0.717, 1.165) is 17.7 Å². The van der Waals surface area contributed by atoms with E-state index in [2.05, 4.69) is 5.32 Å². The number of carbonyl (C=O) groups is 1. The van der Waals surface area contributed by atoms with Gasteiger partial charge in [0.15, 0.2) is 0 Å². The molecule has 0 heterocycles. The van der Waals surface area contributed by atoms with Gasteiger partial charge in [-0.05, 0) is 51.8 Å². The Bertz CT molecular complexity index is 410. The van der Waals surface area contributed by atoms with Crippen LogP contribution in [0, 0.1) is 0 Å². The van der Waals surface area contributed by atoms with E-state index >= 15 is 0 Å². The van der Waals surface area contributed by atoms with Crippen molar-refractivity contribution in [2.75, 3.05) is 13.2 Å². The van der Waals surface area contributed by atoms with Crippen LogP contribution < -0.4 is 10.1 Å². The quantitative estimate of drug-likeness (QED) is 0.889. The number of carbonyl (C=O) groups excluding carboxylic acids is 1. The van der Waals surface area contributed by atoms with Gasteiger partial charge in [0.1, 0.15) is 11.4 Å². The first-order valence-corrected chi connectivity index (χ1v) is 6.59. The lowest BCUT2D eigenvalue weighted by Crippen LogP contribution is -2.26. The Labute approximate surface area is 115 Å². The van der Waals surface area contributed by atoms with E-state index in [1.807, 2.05) is 45.0 Å². The highest BCUT2D eigenvalue weighted by atomic mass is 16.5. The van der Waals surface area contributed by atoms with Crippen molar-refractivity contribution >= 4 is 6.09 Å². The molecule has 0 aliphatic heterocycles. The lowest BCUT2D eigenvalue weighted by molar-refractivity contribution is 0.131. The minimum absolute atomic E-state index is 0.207. The molecule has 0 fully saturated rings. The predicted octanol–water partition coefficient (Wildman–Crippen LogP) is 3.15. The average Bonchev–Trinajstić information content (AvgIpc) is 2.27. The molecule has 4 nitrogen and oxygen atoms in total. The highest BCUT2D eigenvalue weighted by Crippen LogP contribution is 2.19. The Morgan fingerprint density at radius 2 is 2.05 bits per heavy atom. The summed E-state index contributed by atoms with van der Waals surface area (Å²) in [5.74, 6) is 0.848. The fourth-order valence-electron chi connectivity index (χ4n) is 1.61. The molecule has 1 aromatic rings. The molecule has 0 aromatic heterocycles. The topological polar surface area (TPSA) is 47.6 Å². The fourth-order valence-corrected chi connectivity index (χ4v) is 1.61. The first-order valence-electron chi connectivity index (χ1n) is 6.59. The van der Waals surface area contributed by atoms with Crippen LogP contribution in [0.25, 0.3) is 0 Å². The van der Waals surface area contributed by atoms with Gasteiger partial charge in [0, 0.05) is 6.54 Å². The van der Waals surface area contributed by atoms with Gasteiger partial charge in [-0.3, -0.25) is 0 Å². The van der Waals surface area contributed by atoms with E-state index in [0.29, 0.717) is 13.2 Å².